The van der Waals surface area contributed by atoms with Crippen LogP contribution in [0, 0.1) is 5.82 Å². The van der Waals surface area contributed by atoms with E-state index in [0.717, 1.165) is 57.7 Å². The molecule has 1 saturated carbocycles. The van der Waals surface area contributed by atoms with Crippen LogP contribution in [-0.4, -0.2) is 76.2 Å². The van der Waals surface area contributed by atoms with Gasteiger partial charge in [0.05, 0.1) is 50.9 Å². The maximum Gasteiger partial charge on any atom is 0.416 e. The van der Waals surface area contributed by atoms with Gasteiger partial charge in [-0.05, 0) is 97.8 Å². The van der Waals surface area contributed by atoms with Gasteiger partial charge in [-0.25, -0.2) is 43.7 Å². The Kier molecular flexibility index (Phi) is 13.6. The molecule has 0 spiro atoms. The molecule has 0 amide bonds. The summed E-state index contributed by atoms with van der Waals surface area (Å²) in [5, 5.41) is 34.3. The zero-order valence-electron chi connectivity index (χ0n) is 39.4. The number of esters is 1. The molecular weight excluding hydrogens is 1010 g/mol. The average molecular weight is 1050 g/mol. The number of alkyl halides is 3. The van der Waals surface area contributed by atoms with Gasteiger partial charge in [0, 0.05) is 91.5 Å². The van der Waals surface area contributed by atoms with E-state index in [2.05, 4.69) is 50.8 Å². The second-order valence-corrected chi connectivity index (χ2v) is 17.6. The van der Waals surface area contributed by atoms with Crippen LogP contribution in [-0.2, 0) is 10.9 Å². The zero-order chi connectivity index (χ0) is 53.3. The minimum atomic E-state index is -4.46. The molecule has 5 N–H and O–H groups in total. The number of ether oxygens (including phenoxy) is 1. The van der Waals surface area contributed by atoms with Crippen LogP contribution in [0.25, 0.3) is 65.2 Å². The fourth-order valence-electron chi connectivity index (χ4n) is 8.28. The molecule has 0 unspecified atom stereocenters. The summed E-state index contributed by atoms with van der Waals surface area (Å²) in [4.78, 5) is 64.5. The molecule has 11 aromatic rings. The SMILES string of the molecule is COC(=O)c1ccc2c(c1)nc(Nc1ccc(F)c(Cl)c1)c1ncncc12.O=C(O)c1ccc2c(c1)nc(NC1CC1)c1ccncc12.O=C(O)c1ccc2c(c1)nc(Nc1cccc(C(F)(F)F)c1)c1ccncc12. The van der Waals surface area contributed by atoms with Crippen molar-refractivity contribution >= 4 is 123 Å². The van der Waals surface area contributed by atoms with Gasteiger partial charge in [0.2, 0.25) is 0 Å². The summed E-state index contributed by atoms with van der Waals surface area (Å²) in [6, 6.07) is 27.8. The van der Waals surface area contributed by atoms with Crippen molar-refractivity contribution in [2.24, 2.45) is 0 Å². The first kappa shape index (κ1) is 49.9. The van der Waals surface area contributed by atoms with Crippen LogP contribution in [0.4, 0.5) is 46.4 Å². The first-order chi connectivity index (χ1) is 36.6. The van der Waals surface area contributed by atoms with E-state index in [9.17, 15) is 37.1 Å². The molecule has 1 aliphatic rings. The van der Waals surface area contributed by atoms with Crippen molar-refractivity contribution in [1.29, 1.82) is 0 Å². The van der Waals surface area contributed by atoms with Gasteiger partial charge in [0.15, 0.2) is 5.82 Å². The van der Waals surface area contributed by atoms with Crippen molar-refractivity contribution in [3.8, 4) is 0 Å². The van der Waals surface area contributed by atoms with Crippen molar-refractivity contribution in [1.82, 2.24) is 34.9 Å². The van der Waals surface area contributed by atoms with Gasteiger partial charge in [0.1, 0.15) is 29.3 Å². The minimum absolute atomic E-state index is 0.00676. The maximum atomic E-state index is 13.4. The smallest absolute Gasteiger partial charge is 0.416 e. The fourth-order valence-corrected chi connectivity index (χ4v) is 8.46. The second-order valence-electron chi connectivity index (χ2n) is 17.2. The lowest BCUT2D eigenvalue weighted by Gasteiger charge is -2.13. The molecule has 0 saturated heterocycles. The summed E-state index contributed by atoms with van der Waals surface area (Å²) in [6.45, 7) is 0. The van der Waals surface area contributed by atoms with E-state index in [-0.39, 0.29) is 21.8 Å². The lowest BCUT2D eigenvalue weighted by atomic mass is 10.1. The molecule has 1 fully saturated rings. The van der Waals surface area contributed by atoms with Crippen LogP contribution in [0.2, 0.25) is 5.02 Å². The number of rotatable bonds is 9. The number of carboxylic acids is 2. The Balaban J connectivity index is 0.000000131. The number of carbonyl (C=O) groups is 3. The van der Waals surface area contributed by atoms with Gasteiger partial charge in [-0.15, -0.1) is 0 Å². The normalized spacial score (nSPS) is 12.2. The Bertz CT molecular complexity index is 4130. The number of aromatic carboxylic acids is 2. The summed E-state index contributed by atoms with van der Waals surface area (Å²) in [7, 11) is 1.32. The van der Waals surface area contributed by atoms with E-state index in [1.807, 2.05) is 6.07 Å². The molecular formula is C55H37ClF4N10O6. The number of halogens is 5. The summed E-state index contributed by atoms with van der Waals surface area (Å²) < 4.78 is 57.1. The highest BCUT2D eigenvalue weighted by Crippen LogP contribution is 2.36. The van der Waals surface area contributed by atoms with Crippen LogP contribution in [0.15, 0.2) is 147 Å². The number of benzene rings is 5. The van der Waals surface area contributed by atoms with E-state index < -0.39 is 35.5 Å². The van der Waals surface area contributed by atoms with Crippen LogP contribution in [0.3, 0.4) is 0 Å². The minimum Gasteiger partial charge on any atom is -0.478 e. The first-order valence-corrected chi connectivity index (χ1v) is 23.4. The van der Waals surface area contributed by atoms with Gasteiger partial charge in [-0.3, -0.25) is 9.97 Å². The highest BCUT2D eigenvalue weighted by Gasteiger charge is 2.30. The number of anilines is 5. The van der Waals surface area contributed by atoms with Gasteiger partial charge in [-0.1, -0.05) is 35.9 Å². The second kappa shape index (κ2) is 20.7. The van der Waals surface area contributed by atoms with Crippen molar-refractivity contribution in [2.75, 3.05) is 23.1 Å². The number of hydrogen-bond donors (Lipinski definition) is 5. The Morgan fingerprint density at radius 3 is 1.74 bits per heavy atom. The molecule has 0 radical (unpaired) electrons. The Hall–Kier alpha value is -9.69. The molecule has 6 heterocycles. The van der Waals surface area contributed by atoms with Crippen LogP contribution in [0.5, 0.6) is 0 Å². The standard InChI is InChI=1S/C20H12F3N3O2.C19H12ClFN4O2.C16H13N3O2/c21-20(22,23)12-2-1-3-13(9-12)25-18-15-6-7-24-10-16(15)14-5-4-11(19(27)28)8-17(14)26-18;1-27-19(26)10-2-4-12-13-8-22-9-23-17(13)18(25-16(12)6-10)24-11-3-5-15(21)14(20)7-11;20-16(21)9-1-4-11-13-8-17-6-5-12(13)15(18-10-2-3-10)19-14(11)7-9/h1-10H,(H,25,26)(H,27,28);2-9H,1H3,(H,24,25);1,4-8,10H,2-3H2,(H,18,19)(H,20,21). The summed E-state index contributed by atoms with van der Waals surface area (Å²) in [5.41, 5.74) is 2.91. The van der Waals surface area contributed by atoms with Crippen LogP contribution >= 0.6 is 11.6 Å². The molecule has 378 valence electrons. The molecule has 6 aromatic heterocycles. The van der Waals surface area contributed by atoms with Crippen molar-refractivity contribution in [2.45, 2.75) is 25.1 Å². The summed E-state index contributed by atoms with van der Waals surface area (Å²) in [6.07, 6.45) is 7.65. The number of carboxylic acid groups (broad SMARTS) is 2. The van der Waals surface area contributed by atoms with E-state index in [1.54, 1.807) is 85.6 Å². The highest BCUT2D eigenvalue weighted by molar-refractivity contribution is 6.31. The van der Waals surface area contributed by atoms with Crippen molar-refractivity contribution in [3.05, 3.63) is 180 Å². The molecule has 5 aromatic carbocycles. The van der Waals surface area contributed by atoms with Gasteiger partial charge >= 0.3 is 24.1 Å². The largest absolute Gasteiger partial charge is 0.478 e. The number of nitrogens with zero attached hydrogens (tertiary/aromatic N) is 7. The third-order valence-corrected chi connectivity index (χ3v) is 12.4. The topological polar surface area (TPSA) is 227 Å². The highest BCUT2D eigenvalue weighted by atomic mass is 35.5. The molecule has 0 atom stereocenters. The first-order valence-electron chi connectivity index (χ1n) is 23.0. The summed E-state index contributed by atoms with van der Waals surface area (Å²) in [5.74, 6) is -1.45. The predicted octanol–water partition coefficient (Wildman–Crippen LogP) is 12.8. The zero-order valence-corrected chi connectivity index (χ0v) is 40.2. The molecule has 0 bridgehead atoms. The number of aromatic nitrogens is 7. The molecule has 16 nitrogen and oxygen atoms in total. The number of carbonyl (C=O) groups excluding carboxylic acids is 1. The summed E-state index contributed by atoms with van der Waals surface area (Å²) >= 11 is 5.85. The van der Waals surface area contributed by atoms with Gasteiger partial charge < -0.3 is 30.9 Å². The number of nitrogens with one attached hydrogen (secondary N) is 3. The van der Waals surface area contributed by atoms with Crippen LogP contribution < -0.4 is 16.0 Å². The van der Waals surface area contributed by atoms with Gasteiger partial charge in [0.25, 0.3) is 0 Å². The lowest BCUT2D eigenvalue weighted by molar-refractivity contribution is -0.137. The van der Waals surface area contributed by atoms with E-state index in [4.69, 9.17) is 21.4 Å². The lowest BCUT2D eigenvalue weighted by Crippen LogP contribution is -2.05. The average Bonchev–Trinajstić information content (AvgIpc) is 4.28. The molecule has 1 aliphatic carbocycles. The van der Waals surface area contributed by atoms with E-state index in [1.165, 1.54) is 49.8 Å². The van der Waals surface area contributed by atoms with Crippen molar-refractivity contribution < 1.29 is 46.9 Å². The third-order valence-electron chi connectivity index (χ3n) is 12.1. The van der Waals surface area contributed by atoms with Crippen molar-refractivity contribution in [3.63, 3.8) is 0 Å². The number of pyridine rings is 5. The molecule has 21 heteroatoms. The Morgan fingerprint density at radius 2 is 1.14 bits per heavy atom. The molecule has 0 aliphatic heterocycles. The number of fused-ring (bicyclic) bond motifs is 9. The van der Waals surface area contributed by atoms with E-state index in [0.29, 0.717) is 67.2 Å². The Morgan fingerprint density at radius 1 is 0.605 bits per heavy atom. The number of hydrogen-bond acceptors (Lipinski definition) is 14. The van der Waals surface area contributed by atoms with Gasteiger partial charge in [-0.2, -0.15) is 13.2 Å². The number of methoxy groups -OCH3 is 1. The maximum absolute atomic E-state index is 13.4. The predicted molar refractivity (Wildman–Crippen MR) is 280 cm³/mol. The van der Waals surface area contributed by atoms with Crippen LogP contribution in [0.1, 0.15) is 49.5 Å². The fraction of sp³-hybridized carbons (Fsp3) is 0.0909. The molecule has 12 rings (SSSR count). The quantitative estimate of drug-likeness (QED) is 0.0514. The Labute approximate surface area is 431 Å². The molecule has 76 heavy (non-hydrogen) atoms. The van der Waals surface area contributed by atoms with E-state index >= 15 is 0 Å². The third kappa shape index (κ3) is 10.5. The monoisotopic (exact) mass is 1040 g/mol.